The smallest absolute Gasteiger partial charge is 0.0134 e. The molecule has 9 unspecified atom stereocenters. The Bertz CT molecular complexity index is 2180. The van der Waals surface area contributed by atoms with Crippen LogP contribution in [0.2, 0.25) is 0 Å². The third-order valence-electron chi connectivity index (χ3n) is 28.2. The Kier molecular flexibility index (Phi) is 34.7. The number of unbranched alkanes of at least 4 members (excludes halogenated alkanes) is 4. The van der Waals surface area contributed by atoms with Crippen LogP contribution in [-0.4, -0.2) is 0 Å². The van der Waals surface area contributed by atoms with Crippen molar-refractivity contribution in [3.63, 3.8) is 0 Å². The second-order valence-corrected chi connectivity index (χ2v) is 33.3. The van der Waals surface area contributed by atoms with Crippen molar-refractivity contribution in [3.8, 4) is 0 Å². The third-order valence-corrected chi connectivity index (χ3v) is 28.2. The van der Waals surface area contributed by atoms with E-state index in [-0.39, 0.29) is 0 Å². The summed E-state index contributed by atoms with van der Waals surface area (Å²) in [5.41, 5.74) is 4.77. The lowest BCUT2D eigenvalue weighted by molar-refractivity contribution is 0.105. The van der Waals surface area contributed by atoms with E-state index in [1.165, 1.54) is 250 Å². The second kappa shape index (κ2) is 41.6. The molecule has 6 aliphatic carbocycles. The van der Waals surface area contributed by atoms with E-state index in [1.807, 2.05) is 0 Å². The number of hydrogen-bond donors (Lipinski definition) is 0. The Hall–Kier alpha value is -2.34. The summed E-state index contributed by atoms with van der Waals surface area (Å²) in [5.74, 6) is 19.7. The summed E-state index contributed by atoms with van der Waals surface area (Å²) in [6.07, 6.45) is 57.0. The maximum absolute atomic E-state index is 2.62. The minimum atomic E-state index is 0.744. The molecule has 0 aromatic heterocycles. The summed E-state index contributed by atoms with van der Waals surface area (Å²) >= 11 is 0. The van der Waals surface area contributed by atoms with Crippen LogP contribution in [-0.2, 0) is 0 Å². The highest BCUT2D eigenvalue weighted by Crippen LogP contribution is 2.51. The maximum Gasteiger partial charge on any atom is -0.0134 e. The Morgan fingerprint density at radius 2 is 0.500 bits per heavy atom. The van der Waals surface area contributed by atoms with Gasteiger partial charge in [0.25, 0.3) is 0 Å². The average Bonchev–Trinajstić information content (AvgIpc) is 1.43. The average molecular weight is 1230 g/mol. The molecule has 0 spiro atoms. The lowest BCUT2D eigenvalue weighted by Crippen LogP contribution is -2.31. The van der Waals surface area contributed by atoms with Crippen LogP contribution in [0.15, 0.2) is 91.0 Å². The van der Waals surface area contributed by atoms with Gasteiger partial charge in [0.1, 0.15) is 0 Å². The fourth-order valence-corrected chi connectivity index (χ4v) is 21.7. The van der Waals surface area contributed by atoms with Gasteiger partial charge < -0.3 is 0 Å². The Morgan fingerprint density at radius 3 is 0.767 bits per heavy atom. The normalized spacial score (nSPS) is 30.5. The summed E-state index contributed by atoms with van der Waals surface area (Å²) < 4.78 is 0. The van der Waals surface area contributed by atoms with Gasteiger partial charge in [0.05, 0.1) is 0 Å². The molecule has 0 radical (unpaired) electrons. The molecule has 6 aliphatic rings. The monoisotopic (exact) mass is 1230 g/mol. The highest BCUT2D eigenvalue weighted by atomic mass is 14.4. The molecule has 0 amide bonds. The van der Waals surface area contributed by atoms with Crippen molar-refractivity contribution < 1.29 is 0 Å². The van der Waals surface area contributed by atoms with E-state index >= 15 is 0 Å². The van der Waals surface area contributed by atoms with Gasteiger partial charge in [0.2, 0.25) is 0 Å². The molecule has 0 nitrogen and oxygen atoms in total. The van der Waals surface area contributed by atoms with Gasteiger partial charge in [0.15, 0.2) is 0 Å². The van der Waals surface area contributed by atoms with Crippen LogP contribution < -0.4 is 0 Å². The molecule has 3 aromatic carbocycles. The number of hydrogen-bond acceptors (Lipinski definition) is 0. The second-order valence-electron chi connectivity index (χ2n) is 33.3. The van der Waals surface area contributed by atoms with Crippen molar-refractivity contribution in [2.24, 2.45) is 107 Å². The molecule has 510 valence electrons. The van der Waals surface area contributed by atoms with E-state index in [2.05, 4.69) is 174 Å². The van der Waals surface area contributed by atoms with E-state index in [1.54, 1.807) is 16.7 Å². The standard InChI is InChI=1S/C32H54.C30H50.C28H46/c1-5-7-8-12-16-32(31-14-10-9-11-15-31)26(4)30-23-21-29(22-24-30)25(3)28-19-17-27(13-6-2)18-20-28;1-5-7-14-30(29-12-9-8-10-13-29)24(4)28-21-19-27(20-22-28)23(3)26-17-15-25(11-6-2)16-18-26;1-5-10-23-13-15-24(16-14-23)21(3)25-17-19-26(20-18-25)22(4)28(6-2)27-11-8-7-9-12-27/h9-11,14-15,25-30,32H,5-8,12-13,16-24H2,1-4H3;8-10,12-13,23-28,30H,5-7,11,14-22H2,1-4H3;7-9,11-12,21-26,28H,5-6,10,13-20H2,1-4H3. The van der Waals surface area contributed by atoms with Gasteiger partial charge >= 0.3 is 0 Å². The van der Waals surface area contributed by atoms with E-state index in [9.17, 15) is 0 Å². The van der Waals surface area contributed by atoms with Crippen molar-refractivity contribution in [1.82, 2.24) is 0 Å². The van der Waals surface area contributed by atoms with Crippen LogP contribution in [0.4, 0.5) is 0 Å². The summed E-state index contributed by atoms with van der Waals surface area (Å²) in [6, 6.07) is 34.3. The Balaban J connectivity index is 0.000000192. The van der Waals surface area contributed by atoms with Crippen molar-refractivity contribution in [1.29, 1.82) is 0 Å². The zero-order valence-corrected chi connectivity index (χ0v) is 61.9. The van der Waals surface area contributed by atoms with Gasteiger partial charge in [-0.25, -0.2) is 0 Å². The van der Waals surface area contributed by atoms with E-state index in [0.717, 1.165) is 124 Å². The largest absolute Gasteiger partial charge is 0.0654 e. The van der Waals surface area contributed by atoms with Crippen molar-refractivity contribution in [2.75, 3.05) is 0 Å². The first kappa shape index (κ1) is 75.0. The summed E-state index contributed by atoms with van der Waals surface area (Å²) in [4.78, 5) is 0. The topological polar surface area (TPSA) is 0 Å². The SMILES string of the molecule is CCCC1CCC(C(C)C2CCC(C(C)C(CC)c3ccccc3)CC2)CC1.CCCCC(c1ccccc1)C(C)C1CCC(C(C)C2CCC(CCC)CC2)CC1.CCCCCCC(c1ccccc1)C(C)C1CCC(C(C)C2CCC(CCC)CC2)CC1. The predicted molar refractivity (Wildman–Crippen MR) is 399 cm³/mol. The molecule has 0 bridgehead atoms. The number of benzene rings is 3. The van der Waals surface area contributed by atoms with Crippen LogP contribution in [0.25, 0.3) is 0 Å². The van der Waals surface area contributed by atoms with Crippen LogP contribution in [0, 0.1) is 107 Å². The highest BCUT2D eigenvalue weighted by molar-refractivity contribution is 5.23. The van der Waals surface area contributed by atoms with E-state index in [4.69, 9.17) is 0 Å². The van der Waals surface area contributed by atoms with Crippen LogP contribution in [0.1, 0.15) is 368 Å². The molecule has 9 rings (SSSR count). The van der Waals surface area contributed by atoms with Crippen LogP contribution >= 0.6 is 0 Å². The molecular weight excluding hydrogens is 1080 g/mol. The lowest BCUT2D eigenvalue weighted by atomic mass is 9.64. The minimum absolute atomic E-state index is 0.744. The van der Waals surface area contributed by atoms with Gasteiger partial charge in [-0.3, -0.25) is 0 Å². The molecule has 0 saturated heterocycles. The molecule has 0 heterocycles. The van der Waals surface area contributed by atoms with Gasteiger partial charge in [-0.15, -0.1) is 0 Å². The predicted octanol–water partition coefficient (Wildman–Crippen LogP) is 28.9. The number of rotatable bonds is 30. The highest BCUT2D eigenvalue weighted by Gasteiger charge is 2.39. The van der Waals surface area contributed by atoms with Gasteiger partial charge in [-0.2, -0.15) is 0 Å². The molecule has 9 atom stereocenters. The molecule has 3 aromatic rings. The third kappa shape index (κ3) is 23.2. The zero-order chi connectivity index (χ0) is 64.0. The summed E-state index contributed by atoms with van der Waals surface area (Å²) in [7, 11) is 0. The molecular formula is C90H150. The fourth-order valence-electron chi connectivity index (χ4n) is 21.7. The fraction of sp³-hybridized carbons (Fsp3) is 0.800. The molecule has 6 fully saturated rings. The van der Waals surface area contributed by atoms with E-state index < -0.39 is 0 Å². The Labute approximate surface area is 562 Å². The van der Waals surface area contributed by atoms with Gasteiger partial charge in [0, 0.05) is 0 Å². The zero-order valence-electron chi connectivity index (χ0n) is 61.9. The molecule has 0 heteroatoms. The van der Waals surface area contributed by atoms with Crippen LogP contribution in [0.5, 0.6) is 0 Å². The molecule has 90 heavy (non-hydrogen) atoms. The Morgan fingerprint density at radius 1 is 0.256 bits per heavy atom. The van der Waals surface area contributed by atoms with Crippen molar-refractivity contribution in [2.45, 2.75) is 351 Å². The first-order chi connectivity index (χ1) is 43.9. The quantitative estimate of drug-likeness (QED) is 0.0584. The summed E-state index contributed by atoms with van der Waals surface area (Å²) in [5, 5.41) is 0. The summed E-state index contributed by atoms with van der Waals surface area (Å²) in [6.45, 7) is 29.7. The van der Waals surface area contributed by atoms with Crippen molar-refractivity contribution in [3.05, 3.63) is 108 Å². The first-order valence-electron chi connectivity index (χ1n) is 41.1. The van der Waals surface area contributed by atoms with Crippen molar-refractivity contribution >= 4 is 0 Å². The molecule has 0 N–H and O–H groups in total. The maximum atomic E-state index is 2.62. The van der Waals surface area contributed by atoms with E-state index in [0.29, 0.717) is 0 Å². The first-order valence-corrected chi connectivity index (χ1v) is 41.1. The molecule has 0 aliphatic heterocycles. The minimum Gasteiger partial charge on any atom is -0.0654 e. The van der Waals surface area contributed by atoms with Crippen LogP contribution in [0.3, 0.4) is 0 Å². The molecule has 6 saturated carbocycles. The van der Waals surface area contributed by atoms with Gasteiger partial charge in [-0.05, 0) is 276 Å². The lowest BCUT2D eigenvalue weighted by Gasteiger charge is -2.41. The van der Waals surface area contributed by atoms with Gasteiger partial charge in [-0.1, -0.05) is 290 Å².